The van der Waals surface area contributed by atoms with Crippen LogP contribution in [0.2, 0.25) is 0 Å². The number of nitrogens with zero attached hydrogens (tertiary/aromatic N) is 2. The van der Waals surface area contributed by atoms with Gasteiger partial charge in [-0.1, -0.05) is 43.3 Å². The quantitative estimate of drug-likeness (QED) is 0.528. The maximum atomic E-state index is 13.0. The molecule has 144 valence electrons. The molecule has 0 aliphatic rings. The second-order valence-corrected chi connectivity index (χ2v) is 6.75. The lowest BCUT2D eigenvalue weighted by Crippen LogP contribution is -2.22. The largest absolute Gasteiger partial charge is 0.438 e. The lowest BCUT2D eigenvalue weighted by molar-refractivity contribution is 0.102. The number of nitrogens with one attached hydrogen (secondary N) is 1. The first-order chi connectivity index (χ1) is 14.1. The Kier molecular flexibility index (Phi) is 5.20. The number of aromatic nitrogens is 1. The zero-order valence-electron chi connectivity index (χ0n) is 16.3. The molecule has 1 amide bonds. The van der Waals surface area contributed by atoms with Crippen LogP contribution in [0.5, 0.6) is 0 Å². The Labute approximate surface area is 168 Å². The SMILES string of the molecule is CCc1ccc(N=c2oc3ccccc3cc2C(=O)Nc2cccc(C)n2)cc1. The number of para-hydroxylation sites is 1. The molecule has 4 aromatic rings. The van der Waals surface area contributed by atoms with E-state index in [4.69, 9.17) is 4.42 Å². The molecule has 0 fully saturated rings. The summed E-state index contributed by atoms with van der Waals surface area (Å²) >= 11 is 0. The fraction of sp³-hybridized carbons (Fsp3) is 0.125. The summed E-state index contributed by atoms with van der Waals surface area (Å²) in [5, 5.41) is 3.67. The van der Waals surface area contributed by atoms with Crippen LogP contribution in [0.1, 0.15) is 28.5 Å². The molecule has 1 N–H and O–H groups in total. The van der Waals surface area contributed by atoms with Crippen molar-refractivity contribution in [3.8, 4) is 0 Å². The van der Waals surface area contributed by atoms with Gasteiger partial charge in [0.25, 0.3) is 5.91 Å². The van der Waals surface area contributed by atoms with Gasteiger partial charge in [0.15, 0.2) is 0 Å². The molecule has 0 atom stereocenters. The molecule has 29 heavy (non-hydrogen) atoms. The third-order valence-electron chi connectivity index (χ3n) is 4.61. The molecular weight excluding hydrogens is 362 g/mol. The third kappa shape index (κ3) is 4.24. The van der Waals surface area contributed by atoms with Crippen molar-refractivity contribution in [2.75, 3.05) is 5.32 Å². The number of hydrogen-bond acceptors (Lipinski definition) is 4. The predicted octanol–water partition coefficient (Wildman–Crippen LogP) is 5.18. The van der Waals surface area contributed by atoms with Crippen LogP contribution in [0.4, 0.5) is 11.5 Å². The van der Waals surface area contributed by atoms with Crippen molar-refractivity contribution in [3.63, 3.8) is 0 Å². The average molecular weight is 383 g/mol. The molecule has 5 nitrogen and oxygen atoms in total. The zero-order chi connectivity index (χ0) is 20.2. The summed E-state index contributed by atoms with van der Waals surface area (Å²) in [6, 6.07) is 22.7. The molecule has 0 aliphatic heterocycles. The maximum Gasteiger partial charge on any atom is 0.262 e. The molecule has 0 saturated heterocycles. The van der Waals surface area contributed by atoms with E-state index >= 15 is 0 Å². The van der Waals surface area contributed by atoms with E-state index in [0.29, 0.717) is 17.0 Å². The average Bonchev–Trinajstić information content (AvgIpc) is 2.74. The molecule has 0 bridgehead atoms. The predicted molar refractivity (Wildman–Crippen MR) is 114 cm³/mol. The molecular formula is C24H21N3O2. The van der Waals surface area contributed by atoms with Crippen LogP contribution in [0.15, 0.2) is 82.2 Å². The second-order valence-electron chi connectivity index (χ2n) is 6.75. The number of carbonyl (C=O) groups excluding carboxylic acids is 1. The molecule has 0 spiro atoms. The van der Waals surface area contributed by atoms with Crippen molar-refractivity contribution in [1.29, 1.82) is 0 Å². The summed E-state index contributed by atoms with van der Waals surface area (Å²) in [7, 11) is 0. The van der Waals surface area contributed by atoms with Crippen LogP contribution in [0.25, 0.3) is 11.0 Å². The minimum absolute atomic E-state index is 0.262. The van der Waals surface area contributed by atoms with Crippen LogP contribution in [0, 0.1) is 6.92 Å². The molecule has 4 rings (SSSR count). The maximum absolute atomic E-state index is 13.0. The number of amides is 1. The van der Waals surface area contributed by atoms with Crippen molar-refractivity contribution in [2.45, 2.75) is 20.3 Å². The fourth-order valence-electron chi connectivity index (χ4n) is 3.03. The Balaban J connectivity index is 1.81. The van der Waals surface area contributed by atoms with Gasteiger partial charge in [0, 0.05) is 11.1 Å². The van der Waals surface area contributed by atoms with Crippen molar-refractivity contribution in [3.05, 3.63) is 95.2 Å². The first kappa shape index (κ1) is 18.6. The number of aryl methyl sites for hydroxylation is 2. The van der Waals surface area contributed by atoms with E-state index in [2.05, 4.69) is 22.2 Å². The standard InChI is InChI=1S/C24H21N3O2/c1-3-17-11-13-19(14-12-17)26-24-20(15-18-8-4-5-9-21(18)29-24)23(28)27-22-10-6-7-16(2)25-22/h4-15H,3H2,1-2H3,(H,25,27,28). The van der Waals surface area contributed by atoms with E-state index in [9.17, 15) is 4.79 Å². The van der Waals surface area contributed by atoms with Gasteiger partial charge in [-0.3, -0.25) is 4.79 Å². The van der Waals surface area contributed by atoms with Crippen molar-refractivity contribution < 1.29 is 9.21 Å². The smallest absolute Gasteiger partial charge is 0.262 e. The van der Waals surface area contributed by atoms with Gasteiger partial charge in [0.1, 0.15) is 17.0 Å². The van der Waals surface area contributed by atoms with Gasteiger partial charge in [0.2, 0.25) is 5.55 Å². The highest BCUT2D eigenvalue weighted by molar-refractivity contribution is 6.04. The van der Waals surface area contributed by atoms with E-state index < -0.39 is 0 Å². The molecule has 2 heterocycles. The lowest BCUT2D eigenvalue weighted by atomic mass is 10.1. The molecule has 0 saturated carbocycles. The fourth-order valence-corrected chi connectivity index (χ4v) is 3.03. The minimum atomic E-state index is -0.318. The van der Waals surface area contributed by atoms with Gasteiger partial charge < -0.3 is 9.73 Å². The summed E-state index contributed by atoms with van der Waals surface area (Å²) in [6.07, 6.45) is 0.956. The summed E-state index contributed by atoms with van der Waals surface area (Å²) in [5.41, 5.74) is 4.06. The topological polar surface area (TPSA) is 67.5 Å². The zero-order valence-corrected chi connectivity index (χ0v) is 16.3. The number of anilines is 1. The molecule has 0 aliphatic carbocycles. The number of fused-ring (bicyclic) bond motifs is 1. The van der Waals surface area contributed by atoms with E-state index in [-0.39, 0.29) is 11.5 Å². The monoisotopic (exact) mass is 383 g/mol. The summed E-state index contributed by atoms with van der Waals surface area (Å²) in [5.74, 6) is 0.169. The van der Waals surface area contributed by atoms with Crippen molar-refractivity contribution in [1.82, 2.24) is 4.98 Å². The van der Waals surface area contributed by atoms with Gasteiger partial charge in [-0.15, -0.1) is 0 Å². The summed E-state index contributed by atoms with van der Waals surface area (Å²) in [6.45, 7) is 3.98. The van der Waals surface area contributed by atoms with Gasteiger partial charge in [-0.25, -0.2) is 9.98 Å². The second kappa shape index (κ2) is 8.10. The van der Waals surface area contributed by atoms with E-state index in [0.717, 1.165) is 23.2 Å². The highest BCUT2D eigenvalue weighted by Gasteiger charge is 2.13. The number of rotatable bonds is 4. The van der Waals surface area contributed by atoms with E-state index in [1.54, 1.807) is 12.1 Å². The highest BCUT2D eigenvalue weighted by atomic mass is 16.3. The van der Waals surface area contributed by atoms with Crippen LogP contribution in [-0.2, 0) is 6.42 Å². The van der Waals surface area contributed by atoms with E-state index in [1.807, 2.05) is 67.6 Å². The Morgan fingerprint density at radius 3 is 2.59 bits per heavy atom. The molecule has 2 aromatic heterocycles. The van der Waals surface area contributed by atoms with Gasteiger partial charge in [-0.05, 0) is 55.3 Å². The van der Waals surface area contributed by atoms with E-state index in [1.165, 1.54) is 5.56 Å². The first-order valence-electron chi connectivity index (χ1n) is 9.54. The van der Waals surface area contributed by atoms with Gasteiger partial charge in [-0.2, -0.15) is 0 Å². The normalized spacial score (nSPS) is 11.6. The first-order valence-corrected chi connectivity index (χ1v) is 9.54. The van der Waals surface area contributed by atoms with Crippen molar-refractivity contribution in [2.24, 2.45) is 4.99 Å². The number of pyridine rings is 1. The third-order valence-corrected chi connectivity index (χ3v) is 4.61. The molecule has 5 heteroatoms. The van der Waals surface area contributed by atoms with Crippen LogP contribution in [0.3, 0.4) is 0 Å². The van der Waals surface area contributed by atoms with Crippen LogP contribution >= 0.6 is 0 Å². The van der Waals surface area contributed by atoms with Gasteiger partial charge in [0.05, 0.1) is 5.69 Å². The van der Waals surface area contributed by atoms with Crippen LogP contribution < -0.4 is 10.9 Å². The Hall–Kier alpha value is -3.73. The Bertz CT molecular complexity index is 1240. The highest BCUT2D eigenvalue weighted by Crippen LogP contribution is 2.17. The number of benzene rings is 2. The molecule has 2 aromatic carbocycles. The Morgan fingerprint density at radius 2 is 1.83 bits per heavy atom. The summed E-state index contributed by atoms with van der Waals surface area (Å²) < 4.78 is 5.99. The van der Waals surface area contributed by atoms with Gasteiger partial charge >= 0.3 is 0 Å². The van der Waals surface area contributed by atoms with Crippen molar-refractivity contribution >= 4 is 28.4 Å². The number of carbonyl (C=O) groups is 1. The molecule has 0 radical (unpaired) electrons. The van der Waals surface area contributed by atoms with Crippen LogP contribution in [-0.4, -0.2) is 10.9 Å². The number of hydrogen-bond donors (Lipinski definition) is 1. The molecule has 0 unspecified atom stereocenters. The summed E-state index contributed by atoms with van der Waals surface area (Å²) in [4.78, 5) is 21.9. The lowest BCUT2D eigenvalue weighted by Gasteiger charge is -2.07. The minimum Gasteiger partial charge on any atom is -0.438 e. The Morgan fingerprint density at radius 1 is 1.03 bits per heavy atom.